The minimum Gasteiger partial charge on any atom is -0.381 e. The molecule has 1 aromatic heterocycles. The van der Waals surface area contributed by atoms with Crippen LogP contribution < -0.4 is 0 Å². The first-order valence-electron chi connectivity index (χ1n) is 9.86. The van der Waals surface area contributed by atoms with Gasteiger partial charge in [0.1, 0.15) is 0 Å². The quantitative estimate of drug-likeness (QED) is 0.872. The smallest absolute Gasteiger partial charge is 0.226 e. The average Bonchev–Trinajstić information content (AvgIpc) is 3.27. The van der Waals surface area contributed by atoms with Crippen LogP contribution in [0.15, 0.2) is 6.20 Å². The van der Waals surface area contributed by atoms with Crippen LogP contribution in [0.2, 0.25) is 0 Å². The molecule has 3 heterocycles. The summed E-state index contributed by atoms with van der Waals surface area (Å²) in [5.41, 5.74) is 2.36. The molecule has 2 unspecified atom stereocenters. The molecule has 2 saturated heterocycles. The van der Waals surface area contributed by atoms with E-state index in [2.05, 4.69) is 10.2 Å². The Morgan fingerprint density at radius 1 is 1.19 bits per heavy atom. The highest BCUT2D eigenvalue weighted by molar-refractivity contribution is 5.80. The van der Waals surface area contributed by atoms with Gasteiger partial charge in [-0.3, -0.25) is 14.7 Å². The van der Waals surface area contributed by atoms with E-state index in [4.69, 9.17) is 4.74 Å². The highest BCUT2D eigenvalue weighted by Gasteiger charge is 2.31. The van der Waals surface area contributed by atoms with E-state index in [1.54, 1.807) is 0 Å². The third kappa shape index (κ3) is 3.77. The van der Waals surface area contributed by atoms with Gasteiger partial charge >= 0.3 is 0 Å². The maximum atomic E-state index is 13.0. The third-order valence-electron chi connectivity index (χ3n) is 6.01. The second kappa shape index (κ2) is 7.78. The van der Waals surface area contributed by atoms with E-state index in [0.29, 0.717) is 32.0 Å². The number of aromatic amines is 1. The van der Waals surface area contributed by atoms with Crippen molar-refractivity contribution in [3.05, 3.63) is 17.5 Å². The van der Waals surface area contributed by atoms with Gasteiger partial charge in [0.15, 0.2) is 0 Å². The molecular formula is C19H28N4O3. The lowest BCUT2D eigenvalue weighted by Gasteiger charge is -2.28. The molecule has 2 aliphatic heterocycles. The van der Waals surface area contributed by atoms with Crippen molar-refractivity contribution >= 4 is 11.8 Å². The van der Waals surface area contributed by atoms with Gasteiger partial charge in [-0.25, -0.2) is 0 Å². The van der Waals surface area contributed by atoms with Crippen molar-refractivity contribution in [3.63, 3.8) is 0 Å². The summed E-state index contributed by atoms with van der Waals surface area (Å²) in [4.78, 5) is 29.4. The van der Waals surface area contributed by atoms with Gasteiger partial charge in [-0.05, 0) is 43.6 Å². The van der Waals surface area contributed by atoms with Crippen LogP contribution in [0.1, 0.15) is 36.9 Å². The van der Waals surface area contributed by atoms with Crippen molar-refractivity contribution < 1.29 is 14.3 Å². The Morgan fingerprint density at radius 3 is 2.88 bits per heavy atom. The first-order chi connectivity index (χ1) is 12.7. The number of rotatable bonds is 3. The van der Waals surface area contributed by atoms with E-state index < -0.39 is 0 Å². The summed E-state index contributed by atoms with van der Waals surface area (Å²) in [5.74, 6) is 0.888. The van der Waals surface area contributed by atoms with Crippen LogP contribution >= 0.6 is 0 Å². The second-order valence-electron chi connectivity index (χ2n) is 7.81. The molecular weight excluding hydrogens is 332 g/mol. The summed E-state index contributed by atoms with van der Waals surface area (Å²) in [6.45, 7) is 4.31. The number of aromatic nitrogens is 2. The molecule has 2 amide bonds. The number of nitrogens with one attached hydrogen (secondary N) is 1. The molecule has 7 heteroatoms. The predicted molar refractivity (Wildman–Crippen MR) is 95.4 cm³/mol. The molecule has 4 rings (SSSR count). The van der Waals surface area contributed by atoms with Crippen LogP contribution in [-0.4, -0.2) is 71.2 Å². The van der Waals surface area contributed by atoms with Gasteiger partial charge in [0.05, 0.1) is 6.20 Å². The van der Waals surface area contributed by atoms with E-state index in [1.165, 1.54) is 11.3 Å². The Morgan fingerprint density at radius 2 is 2.04 bits per heavy atom. The standard InChI is InChI=1S/C19H28N4O3/c24-18(10-14-4-9-26-13-14)22-5-1-6-23(8-7-22)19(25)15-2-3-17-16(11-15)12-20-21-17/h12,14-15H,1-11,13H2,(H,20,21). The molecule has 3 aliphatic rings. The molecule has 1 aromatic rings. The van der Waals surface area contributed by atoms with E-state index in [-0.39, 0.29) is 17.7 Å². The highest BCUT2D eigenvalue weighted by atomic mass is 16.5. The van der Waals surface area contributed by atoms with E-state index in [9.17, 15) is 9.59 Å². The van der Waals surface area contributed by atoms with Crippen LogP contribution in [-0.2, 0) is 27.2 Å². The molecule has 1 N–H and O–H groups in total. The molecule has 2 atom stereocenters. The lowest BCUT2D eigenvalue weighted by atomic mass is 9.87. The van der Waals surface area contributed by atoms with Crippen LogP contribution in [0.4, 0.5) is 0 Å². The molecule has 0 bridgehead atoms. The summed E-state index contributed by atoms with van der Waals surface area (Å²) in [6, 6.07) is 0. The third-order valence-corrected chi connectivity index (χ3v) is 6.01. The fourth-order valence-corrected chi connectivity index (χ4v) is 4.39. The van der Waals surface area contributed by atoms with Gasteiger partial charge in [0.25, 0.3) is 0 Å². The lowest BCUT2D eigenvalue weighted by Crippen LogP contribution is -2.41. The minimum atomic E-state index is 0.0537. The zero-order chi connectivity index (χ0) is 17.9. The van der Waals surface area contributed by atoms with Crippen molar-refractivity contribution in [3.8, 4) is 0 Å². The average molecular weight is 360 g/mol. The maximum absolute atomic E-state index is 13.0. The number of aryl methyl sites for hydroxylation is 1. The predicted octanol–water partition coefficient (Wildman–Crippen LogP) is 1.00. The van der Waals surface area contributed by atoms with Gasteiger partial charge < -0.3 is 14.5 Å². The van der Waals surface area contributed by atoms with Gasteiger partial charge in [-0.1, -0.05) is 0 Å². The molecule has 1 aliphatic carbocycles. The summed E-state index contributed by atoms with van der Waals surface area (Å²) in [7, 11) is 0. The van der Waals surface area contributed by atoms with Crippen LogP contribution in [0, 0.1) is 11.8 Å². The summed E-state index contributed by atoms with van der Waals surface area (Å²) in [6.07, 6.45) is 6.85. The maximum Gasteiger partial charge on any atom is 0.226 e. The van der Waals surface area contributed by atoms with Gasteiger partial charge in [-0.15, -0.1) is 0 Å². The van der Waals surface area contributed by atoms with Crippen molar-refractivity contribution in [2.24, 2.45) is 11.8 Å². The Kier molecular flexibility index (Phi) is 5.24. The summed E-state index contributed by atoms with van der Waals surface area (Å²) in [5, 5.41) is 7.12. The number of hydrogen-bond acceptors (Lipinski definition) is 4. The fourth-order valence-electron chi connectivity index (χ4n) is 4.39. The van der Waals surface area contributed by atoms with Crippen molar-refractivity contribution in [2.75, 3.05) is 39.4 Å². The number of hydrogen-bond donors (Lipinski definition) is 1. The van der Waals surface area contributed by atoms with Crippen molar-refractivity contribution in [1.29, 1.82) is 0 Å². The van der Waals surface area contributed by atoms with Crippen LogP contribution in [0.3, 0.4) is 0 Å². The van der Waals surface area contributed by atoms with E-state index >= 15 is 0 Å². The number of nitrogens with zero attached hydrogens (tertiary/aromatic N) is 3. The Labute approximate surface area is 154 Å². The summed E-state index contributed by atoms with van der Waals surface area (Å²) < 4.78 is 5.37. The van der Waals surface area contributed by atoms with Crippen molar-refractivity contribution in [2.45, 2.75) is 38.5 Å². The molecule has 0 aromatic carbocycles. The van der Waals surface area contributed by atoms with E-state index in [0.717, 1.165) is 51.8 Å². The molecule has 7 nitrogen and oxygen atoms in total. The minimum absolute atomic E-state index is 0.0537. The molecule has 142 valence electrons. The molecule has 0 spiro atoms. The molecule has 0 radical (unpaired) electrons. The number of H-pyrrole nitrogens is 1. The number of amides is 2. The zero-order valence-electron chi connectivity index (χ0n) is 15.3. The molecule has 26 heavy (non-hydrogen) atoms. The first kappa shape index (κ1) is 17.5. The van der Waals surface area contributed by atoms with Gasteiger partial charge in [0.2, 0.25) is 11.8 Å². The second-order valence-corrected chi connectivity index (χ2v) is 7.81. The number of fused-ring (bicyclic) bond motifs is 1. The lowest BCUT2D eigenvalue weighted by molar-refractivity contribution is -0.137. The molecule has 0 saturated carbocycles. The number of carbonyl (C=O) groups excluding carboxylic acids is 2. The zero-order valence-corrected chi connectivity index (χ0v) is 15.3. The van der Waals surface area contributed by atoms with Gasteiger partial charge in [0, 0.05) is 57.4 Å². The Hall–Kier alpha value is -1.89. The number of carbonyl (C=O) groups is 2. The fraction of sp³-hybridized carbons (Fsp3) is 0.737. The normalized spacial score (nSPS) is 26.5. The largest absolute Gasteiger partial charge is 0.381 e. The Balaban J connectivity index is 1.30. The monoisotopic (exact) mass is 360 g/mol. The SMILES string of the molecule is O=C(CC1CCOC1)N1CCCN(C(=O)C2CCc3[nH]ncc3C2)CC1. The van der Waals surface area contributed by atoms with Crippen LogP contribution in [0.25, 0.3) is 0 Å². The Bertz CT molecular complexity index is 653. The van der Waals surface area contributed by atoms with Crippen LogP contribution in [0.5, 0.6) is 0 Å². The van der Waals surface area contributed by atoms with Gasteiger partial charge in [-0.2, -0.15) is 5.10 Å². The highest BCUT2D eigenvalue weighted by Crippen LogP contribution is 2.26. The molecule has 2 fully saturated rings. The summed E-state index contributed by atoms with van der Waals surface area (Å²) >= 11 is 0. The topological polar surface area (TPSA) is 78.5 Å². The first-order valence-corrected chi connectivity index (χ1v) is 9.86. The van der Waals surface area contributed by atoms with Crippen molar-refractivity contribution in [1.82, 2.24) is 20.0 Å². The van der Waals surface area contributed by atoms with E-state index in [1.807, 2.05) is 16.0 Å². The number of ether oxygens (including phenoxy) is 1.